The number of rotatable bonds is 7. The number of carbonyl (C=O) groups is 1. The highest BCUT2D eigenvalue weighted by molar-refractivity contribution is 7.69. The fourth-order valence-corrected chi connectivity index (χ4v) is 13.7. The summed E-state index contributed by atoms with van der Waals surface area (Å²) in [5.41, 5.74) is 8.19. The van der Waals surface area contributed by atoms with E-state index in [-0.39, 0.29) is 34.5 Å². The number of hydrogen-bond donors (Lipinski definition) is 6. The zero-order valence-corrected chi connectivity index (χ0v) is 43.1. The first-order chi connectivity index (χ1) is 37.8. The monoisotopic (exact) mass is 1080 g/mol. The summed E-state index contributed by atoms with van der Waals surface area (Å²) in [4.78, 5) is 14.5. The first-order valence-electron chi connectivity index (χ1n) is 24.1. The summed E-state index contributed by atoms with van der Waals surface area (Å²) in [6, 6.07) is 56.2. The molecule has 2 aliphatic carbocycles. The van der Waals surface area contributed by atoms with Gasteiger partial charge in [0, 0.05) is 11.6 Å². The molecule has 0 amide bonds. The summed E-state index contributed by atoms with van der Waals surface area (Å²) < 4.78 is 54.1. The molecule has 0 fully saturated rings. The van der Waals surface area contributed by atoms with Gasteiger partial charge in [-0.25, -0.2) is 4.57 Å². The third kappa shape index (κ3) is 10.8. The average molecular weight is 1080 g/mol. The molecular weight excluding hydrogens is 1030 g/mol. The van der Waals surface area contributed by atoms with Crippen molar-refractivity contribution in [2.75, 3.05) is 0 Å². The second-order valence-corrected chi connectivity index (χ2v) is 21.1. The molecule has 0 radical (unpaired) electrons. The Morgan fingerprint density at radius 2 is 1.03 bits per heavy atom. The minimum Gasteiger partial charge on any atom is -0.508 e. The lowest BCUT2D eigenvalue weighted by Crippen LogP contribution is -2.37. The molecular formula is C62H45O12P3+2. The van der Waals surface area contributed by atoms with E-state index in [2.05, 4.69) is 11.0 Å². The summed E-state index contributed by atoms with van der Waals surface area (Å²) >= 11 is 0. The van der Waals surface area contributed by atoms with E-state index in [0.29, 0.717) is 33.5 Å². The third-order valence-corrected chi connectivity index (χ3v) is 17.1. The van der Waals surface area contributed by atoms with Crippen molar-refractivity contribution in [2.45, 2.75) is 5.16 Å². The fraction of sp³-hybridized carbons (Fsp3) is 0.0161. The lowest BCUT2D eigenvalue weighted by atomic mass is 9.83. The van der Waals surface area contributed by atoms with E-state index in [1.807, 2.05) is 109 Å². The van der Waals surface area contributed by atoms with Crippen molar-refractivity contribution in [1.29, 1.82) is 1.43 Å². The number of hydrogen-bond acceptors (Lipinski definition) is 12. The Bertz CT molecular complexity index is 3770. The van der Waals surface area contributed by atoms with Crippen molar-refractivity contribution in [1.82, 2.24) is 0 Å². The van der Waals surface area contributed by atoms with Gasteiger partial charge in [-0.3, -0.25) is 9.36 Å². The van der Waals surface area contributed by atoms with Crippen LogP contribution in [-0.2, 0) is 23.6 Å². The van der Waals surface area contributed by atoms with Crippen LogP contribution in [0, 0.1) is 6.08 Å². The van der Waals surface area contributed by atoms with Gasteiger partial charge in [0.25, 0.3) is 7.37 Å². The molecule has 0 bridgehead atoms. The predicted molar refractivity (Wildman–Crippen MR) is 300 cm³/mol. The standard InChI is InChI=1S/C31H23O5P.C19H14O3.C12H7O2P.HO2P/c32-24-15-9-21(10-16-24)31(22-11-17-25(33)18-12-22,23-13-19-26(34)20-14-23)37(35)30-8-4-2-6-28(30)27-5-1-3-7-29(27)36-37;20-16-7-1-13(2-8-16)19(14-3-9-17(21)10-4-14)15-5-11-18(22)12-6-15;13-15-12-8-4-2-6-10(12)9-5-1-3-7-11(9)14-15;1-3-2/h1-20,32-34H;1-12,20-21H;1-2,4-8H;(H,1,2)/q;;+2;/i/hD. The number of allylic oxidation sites excluding steroid dienone is 7. The Balaban J connectivity index is 0.000000152. The van der Waals surface area contributed by atoms with Crippen LogP contribution < -0.4 is 9.83 Å². The van der Waals surface area contributed by atoms with Crippen molar-refractivity contribution in [3.8, 4) is 45.6 Å². The molecule has 0 saturated heterocycles. The second-order valence-electron chi connectivity index (χ2n) is 17.4. The van der Waals surface area contributed by atoms with Gasteiger partial charge in [-0.05, 0) is 146 Å². The normalized spacial score (nSPS) is 14.8. The molecule has 0 saturated carbocycles. The molecule has 1 aromatic heterocycles. The molecule has 6 N–H and O–H groups in total. The highest BCUT2D eigenvalue weighted by Gasteiger charge is 2.58. The smallest absolute Gasteiger partial charge is 0.508 e. The van der Waals surface area contributed by atoms with Crippen LogP contribution in [-0.4, -0.2) is 37.6 Å². The molecule has 77 heavy (non-hydrogen) atoms. The maximum atomic E-state index is 15.9. The Kier molecular flexibility index (Phi) is 15.4. The van der Waals surface area contributed by atoms with Gasteiger partial charge in [0.2, 0.25) is 6.55 Å². The molecule has 2 unspecified atom stereocenters. The van der Waals surface area contributed by atoms with E-state index in [1.165, 1.54) is 12.2 Å². The van der Waals surface area contributed by atoms with E-state index < -0.39 is 28.9 Å². The number of phenols is 5. The molecule has 378 valence electrons. The van der Waals surface area contributed by atoms with Gasteiger partial charge in [-0.15, -0.1) is 0 Å². The minimum absolute atomic E-state index is 0.0421. The Morgan fingerprint density at radius 1 is 0.571 bits per heavy atom. The number of phenolic OH excluding ortho intramolecular Hbond substituents is 5. The van der Waals surface area contributed by atoms with Crippen LogP contribution in [0.25, 0.3) is 39.4 Å². The fourth-order valence-electron chi connectivity index (χ4n) is 9.37. The maximum absolute atomic E-state index is 15.9. The van der Waals surface area contributed by atoms with Crippen LogP contribution in [0.5, 0.6) is 34.5 Å². The largest absolute Gasteiger partial charge is 0.611 e. The van der Waals surface area contributed by atoms with Gasteiger partial charge < -0.3 is 35.0 Å². The molecule has 3 aliphatic rings. The summed E-state index contributed by atoms with van der Waals surface area (Å²) in [5, 5.41) is 50.3. The lowest BCUT2D eigenvalue weighted by Gasteiger charge is -2.44. The Morgan fingerprint density at radius 3 is 1.55 bits per heavy atom. The summed E-state index contributed by atoms with van der Waals surface area (Å²) in [6.45, 7) is 0. The van der Waals surface area contributed by atoms with Crippen LogP contribution in [0.2, 0.25) is 0 Å². The number of ketones is 1. The van der Waals surface area contributed by atoms with Crippen LogP contribution in [0.15, 0.2) is 234 Å². The predicted octanol–water partition coefficient (Wildman–Crippen LogP) is 14.6. The van der Waals surface area contributed by atoms with Crippen LogP contribution in [0.1, 0.15) is 39.1 Å². The van der Waals surface area contributed by atoms with Crippen molar-refractivity contribution in [3.05, 3.63) is 275 Å². The van der Waals surface area contributed by atoms with E-state index in [1.54, 1.807) is 115 Å². The lowest BCUT2D eigenvalue weighted by molar-refractivity contribution is -0.110. The van der Waals surface area contributed by atoms with Crippen molar-refractivity contribution >= 4 is 63.0 Å². The molecule has 9 aromatic rings. The Labute approximate surface area is 446 Å². The van der Waals surface area contributed by atoms with Crippen LogP contribution in [0.3, 0.4) is 0 Å². The SMILES string of the molecule is O=C1C=CC(=C(c2ccc(O)cc2)c2ccc(O)cc2)C=C1.O=P1(C(c2ccc(O)cc2)(c2ccc(O)cc2)c2ccc(O)cc2)Oc2ccccc2-c2ccccc21.O=[p+]1oc2c(c3ccccc31)C=C[C+]=C2.[2H]OP=O. The van der Waals surface area contributed by atoms with Gasteiger partial charge in [0.05, 0.1) is 16.8 Å². The molecule has 0 spiro atoms. The van der Waals surface area contributed by atoms with Crippen molar-refractivity contribution < 1.29 is 57.6 Å². The van der Waals surface area contributed by atoms with Gasteiger partial charge >= 0.3 is 22.1 Å². The number of fused-ring (bicyclic) bond motifs is 6. The first kappa shape index (κ1) is 51.3. The molecule has 8 aromatic carbocycles. The van der Waals surface area contributed by atoms with Gasteiger partial charge in [-0.2, -0.15) is 4.20 Å². The quantitative estimate of drug-likeness (QED) is 0.0500. The number of aromatic hydroxyl groups is 5. The van der Waals surface area contributed by atoms with Crippen LogP contribution >= 0.6 is 23.7 Å². The third-order valence-electron chi connectivity index (χ3n) is 12.8. The highest BCUT2D eigenvalue weighted by atomic mass is 31.2. The molecule has 12 nitrogen and oxygen atoms in total. The Hall–Kier alpha value is -9.23. The molecule has 15 heteroatoms. The van der Waals surface area contributed by atoms with E-state index in [9.17, 15) is 34.9 Å². The number of carbonyl (C=O) groups excluding carboxylic acids is 1. The second kappa shape index (κ2) is 23.1. The number of benzene rings is 8. The van der Waals surface area contributed by atoms with Crippen molar-refractivity contribution in [3.63, 3.8) is 0 Å². The molecule has 1 aliphatic heterocycles. The maximum Gasteiger partial charge on any atom is 0.611 e. The topological polar surface area (TPSA) is 212 Å². The summed E-state index contributed by atoms with van der Waals surface area (Å²) in [6.07, 6.45) is 15.0. The first-order valence-corrected chi connectivity index (χ1v) is 27.2. The van der Waals surface area contributed by atoms with Gasteiger partial charge in [-0.1, -0.05) is 121 Å². The van der Waals surface area contributed by atoms with E-state index in [0.717, 1.165) is 49.5 Å². The summed E-state index contributed by atoms with van der Waals surface area (Å²) in [5.74, 6) is 1.72. The zero-order valence-electron chi connectivity index (χ0n) is 41.5. The minimum atomic E-state index is -3.93. The van der Waals surface area contributed by atoms with Crippen LogP contribution in [0.4, 0.5) is 0 Å². The van der Waals surface area contributed by atoms with E-state index in [4.69, 9.17) is 14.7 Å². The van der Waals surface area contributed by atoms with Crippen molar-refractivity contribution in [2.24, 2.45) is 0 Å². The van der Waals surface area contributed by atoms with E-state index >= 15 is 4.57 Å². The van der Waals surface area contributed by atoms with Gasteiger partial charge in [0.15, 0.2) is 11.9 Å². The molecule has 2 atom stereocenters. The summed E-state index contributed by atoms with van der Waals surface area (Å²) in [7, 11) is -6.28. The highest BCUT2D eigenvalue weighted by Crippen LogP contribution is 2.71. The molecule has 12 rings (SSSR count). The number of para-hydroxylation sites is 1. The van der Waals surface area contributed by atoms with Gasteiger partial charge in [0.1, 0.15) is 51.3 Å². The average Bonchev–Trinajstić information content (AvgIpc) is 3.15. The zero-order chi connectivity index (χ0) is 54.8. The molecule has 2 heterocycles.